The van der Waals surface area contributed by atoms with E-state index in [2.05, 4.69) is 0 Å². The van der Waals surface area contributed by atoms with Gasteiger partial charge in [0.15, 0.2) is 50.3 Å². The van der Waals surface area contributed by atoms with E-state index in [1.807, 2.05) is 0 Å². The van der Waals surface area contributed by atoms with Crippen molar-refractivity contribution >= 4 is 0 Å². The van der Waals surface area contributed by atoms with E-state index in [1.54, 1.807) is 0 Å². The lowest BCUT2D eigenvalue weighted by molar-refractivity contribution is -0.410. The van der Waals surface area contributed by atoms with Gasteiger partial charge in [0, 0.05) is 21.3 Å². The highest BCUT2D eigenvalue weighted by Crippen LogP contribution is 2.40. The van der Waals surface area contributed by atoms with Crippen molar-refractivity contribution in [2.75, 3.05) is 74.2 Å². The van der Waals surface area contributed by atoms with Crippen molar-refractivity contribution in [1.82, 2.24) is 0 Å². The third-order valence-corrected chi connectivity index (χ3v) is 17.1. The summed E-state index contributed by atoms with van der Waals surface area (Å²) < 4.78 is 103. The molecule has 0 aliphatic carbocycles. The standard InChI is InChI=1S/C51H88O41/c1-75-8-16-22(58)27(63)33(69)48(84-16)88-39-18(9-76-2)85-50(35(71)29(39)65)90-41-19(10-77-3)86-51(37(73)43(41)92-47-32(68)26(62)21(57)13(5-53)81-47)87-38-14(6-54)83-49(34(70)28(38)64)91-42-36(72)45(78-11-17-23(59)24(60)30(66)44(74)79-17)82-15(7-55)40(42)89-46-31(67)25(61)20(56)12(4-52)80-46/h12-74H,4-11H2,1-3H3/t12-,13-,14-,15-,16-,17-,18-,19-,20-,21-,22-,23-,24+,25+,26+,27+,28-,29-,30-,31-,32-,33-,34-,35-,36-,37-,38-,39-,40-,41-,42-,43-,44?,45+,46+,47-,48-,49+,50-,51-/m1/s1. The molecular weight excluding hydrogens is 1270 g/mol. The van der Waals surface area contributed by atoms with Crippen LogP contribution in [0.15, 0.2) is 0 Å². The van der Waals surface area contributed by atoms with E-state index >= 15 is 0 Å². The first-order valence-electron chi connectivity index (χ1n) is 29.3. The molecule has 8 aliphatic heterocycles. The Morgan fingerprint density at radius 2 is 0.478 bits per heavy atom. The van der Waals surface area contributed by atoms with Gasteiger partial charge in [0.2, 0.25) is 0 Å². The highest BCUT2D eigenvalue weighted by atomic mass is 16.8. The number of rotatable bonds is 25. The molecule has 92 heavy (non-hydrogen) atoms. The highest BCUT2D eigenvalue weighted by Gasteiger charge is 2.60. The van der Waals surface area contributed by atoms with Gasteiger partial charge in [-0.05, 0) is 0 Å². The monoisotopic (exact) mass is 1360 g/mol. The summed E-state index contributed by atoms with van der Waals surface area (Å²) in [5.74, 6) is 0. The van der Waals surface area contributed by atoms with Gasteiger partial charge in [-0.15, -0.1) is 0 Å². The van der Waals surface area contributed by atoms with Gasteiger partial charge >= 0.3 is 0 Å². The van der Waals surface area contributed by atoms with Crippen LogP contribution in [0.25, 0.3) is 0 Å². The third kappa shape index (κ3) is 16.1. The van der Waals surface area contributed by atoms with Gasteiger partial charge in [0.25, 0.3) is 0 Å². The molecule has 1 unspecified atom stereocenters. The fraction of sp³-hybridized carbons (Fsp3) is 1.00. The summed E-state index contributed by atoms with van der Waals surface area (Å²) in [5, 5.41) is 250. The molecule has 8 rings (SSSR count). The van der Waals surface area contributed by atoms with Crippen LogP contribution >= 0.6 is 0 Å². The van der Waals surface area contributed by atoms with Crippen molar-refractivity contribution in [3.8, 4) is 0 Å². The average molecular weight is 1360 g/mol. The van der Waals surface area contributed by atoms with Gasteiger partial charge in [-0.3, -0.25) is 0 Å². The Bertz CT molecular complexity index is 2180. The largest absolute Gasteiger partial charge is 0.394 e. The van der Waals surface area contributed by atoms with Crippen molar-refractivity contribution in [3.63, 3.8) is 0 Å². The zero-order valence-corrected chi connectivity index (χ0v) is 49.4. The second kappa shape index (κ2) is 33.5. The summed E-state index contributed by atoms with van der Waals surface area (Å²) in [7, 11) is 3.62. The molecule has 40 atom stereocenters. The van der Waals surface area contributed by atoms with Crippen LogP contribution in [0.4, 0.5) is 0 Å². The van der Waals surface area contributed by atoms with Crippen LogP contribution in [0.3, 0.4) is 0 Å². The molecule has 0 radical (unpaired) electrons. The number of aliphatic hydroxyl groups excluding tert-OH is 23. The molecule has 0 aromatic carbocycles. The Balaban J connectivity index is 1.05. The lowest BCUT2D eigenvalue weighted by Gasteiger charge is -2.51. The quantitative estimate of drug-likeness (QED) is 0.0404. The average Bonchev–Trinajstić information content (AvgIpc) is 0.775. The van der Waals surface area contributed by atoms with Crippen molar-refractivity contribution in [1.29, 1.82) is 0 Å². The van der Waals surface area contributed by atoms with E-state index in [9.17, 15) is 117 Å². The fourth-order valence-electron chi connectivity index (χ4n) is 11.8. The molecule has 538 valence electrons. The van der Waals surface area contributed by atoms with Crippen LogP contribution in [0.5, 0.6) is 0 Å². The number of hydrogen-bond donors (Lipinski definition) is 23. The van der Waals surface area contributed by atoms with Gasteiger partial charge in [0.05, 0.1) is 52.9 Å². The molecule has 41 nitrogen and oxygen atoms in total. The number of methoxy groups -OCH3 is 3. The van der Waals surface area contributed by atoms with Crippen molar-refractivity contribution in [2.45, 2.75) is 246 Å². The Morgan fingerprint density at radius 1 is 0.217 bits per heavy atom. The molecule has 0 aromatic rings. The second-order valence-electron chi connectivity index (χ2n) is 23.2. The first kappa shape index (κ1) is 76.1. The predicted octanol–water partition coefficient (Wildman–Crippen LogP) is -16.5. The molecular formula is C51H88O41. The second-order valence-corrected chi connectivity index (χ2v) is 23.2. The molecule has 0 bridgehead atoms. The molecule has 8 fully saturated rings. The van der Waals surface area contributed by atoms with Crippen molar-refractivity contribution in [2.24, 2.45) is 0 Å². The molecule has 0 aromatic heterocycles. The van der Waals surface area contributed by atoms with Gasteiger partial charge in [-0.1, -0.05) is 0 Å². The van der Waals surface area contributed by atoms with Gasteiger partial charge in [0.1, 0.15) is 195 Å². The zero-order chi connectivity index (χ0) is 67.5. The van der Waals surface area contributed by atoms with Crippen LogP contribution < -0.4 is 0 Å². The number of ether oxygens (including phenoxy) is 18. The van der Waals surface area contributed by atoms with Gasteiger partial charge in [-0.2, -0.15) is 0 Å². The Labute approximate surface area is 521 Å². The molecule has 0 saturated carbocycles. The van der Waals surface area contributed by atoms with E-state index in [1.165, 1.54) is 14.2 Å². The first-order valence-corrected chi connectivity index (χ1v) is 29.3. The Hall–Kier alpha value is -1.64. The minimum absolute atomic E-state index is 0.297. The molecule has 8 aliphatic rings. The molecule has 8 heterocycles. The van der Waals surface area contributed by atoms with Crippen LogP contribution in [0, 0.1) is 0 Å². The maximum Gasteiger partial charge on any atom is 0.187 e. The van der Waals surface area contributed by atoms with Crippen LogP contribution in [0.2, 0.25) is 0 Å². The van der Waals surface area contributed by atoms with E-state index in [-0.39, 0.29) is 6.61 Å². The molecule has 8 saturated heterocycles. The topological polar surface area (TPSA) is 631 Å². The summed E-state index contributed by atoms with van der Waals surface area (Å²) in [6, 6.07) is 0. The van der Waals surface area contributed by atoms with Crippen LogP contribution in [-0.4, -0.2) is 437 Å². The van der Waals surface area contributed by atoms with E-state index in [4.69, 9.17) is 85.3 Å². The smallest absolute Gasteiger partial charge is 0.187 e. The Kier molecular flexibility index (Phi) is 27.7. The third-order valence-electron chi connectivity index (χ3n) is 17.1. The minimum atomic E-state index is -2.40. The Morgan fingerprint density at radius 3 is 0.902 bits per heavy atom. The summed E-state index contributed by atoms with van der Waals surface area (Å²) in [4.78, 5) is 0. The predicted molar refractivity (Wildman–Crippen MR) is 279 cm³/mol. The minimum Gasteiger partial charge on any atom is -0.394 e. The fourth-order valence-corrected chi connectivity index (χ4v) is 11.8. The highest BCUT2D eigenvalue weighted by molar-refractivity contribution is 5.02. The van der Waals surface area contributed by atoms with Crippen molar-refractivity contribution in [3.05, 3.63) is 0 Å². The summed E-state index contributed by atoms with van der Waals surface area (Å²) >= 11 is 0. The number of hydrogen-bond acceptors (Lipinski definition) is 41. The molecule has 23 N–H and O–H groups in total. The maximum atomic E-state index is 12.4. The zero-order valence-electron chi connectivity index (χ0n) is 49.4. The summed E-state index contributed by atoms with van der Waals surface area (Å²) in [5.41, 5.74) is 0. The SMILES string of the molecule is COC[C@H]1O[C@H](O[C@H]2[C@H](O)[C@@H](O)[C@@H](O[C@H]3[C@H](O[C@H]4O[C@H](CO)[C@@H](O)[C@H](O)[C@H]4O)[C@@H](O)[C@@H](O[C@H]4[C@H](O)[C@@H](O)[C@H](O[C@@H]5[C@@H](O)[C@@H](OC[C@H]6OC(O)[C@H](O)[C@@H](O)[C@@H]6O)O[C@H](CO)[C@H]5O[C@@H]5O[C@H](CO)[C@@H](O)[C@H](O)[C@H]5O)O[C@@H]4CO)O[C@@H]3COC)O[C@@H]2COC)[C@H](O)[C@@H](O)[C@@H]1O. The van der Waals surface area contributed by atoms with Crippen LogP contribution in [-0.2, 0) is 85.3 Å². The number of aliphatic hydroxyl groups is 23. The summed E-state index contributed by atoms with van der Waals surface area (Å²) in [6.07, 6.45) is -78.6. The molecule has 0 spiro atoms. The van der Waals surface area contributed by atoms with E-state index in [0.29, 0.717) is 0 Å². The molecule has 41 heteroatoms. The van der Waals surface area contributed by atoms with Crippen LogP contribution in [0.1, 0.15) is 0 Å². The first-order chi connectivity index (χ1) is 43.7. The van der Waals surface area contributed by atoms with E-state index < -0.39 is 292 Å². The summed E-state index contributed by atoms with van der Waals surface area (Å²) in [6.45, 7) is -6.42. The molecule has 0 amide bonds. The lowest BCUT2D eigenvalue weighted by Crippen LogP contribution is -2.69. The van der Waals surface area contributed by atoms with Gasteiger partial charge in [-0.25, -0.2) is 0 Å². The van der Waals surface area contributed by atoms with Crippen molar-refractivity contribution < 1.29 is 203 Å². The van der Waals surface area contributed by atoms with Gasteiger partial charge < -0.3 is 203 Å². The maximum absolute atomic E-state index is 12.4. The lowest BCUT2D eigenvalue weighted by atomic mass is 9.94. The normalized spacial score (nSPS) is 52.2. The van der Waals surface area contributed by atoms with E-state index in [0.717, 1.165) is 7.11 Å².